The molecule has 3 N–H and O–H groups in total. The van der Waals surface area contributed by atoms with Crippen molar-refractivity contribution in [1.29, 1.82) is 0 Å². The number of nitrogens with zero attached hydrogens (tertiary/aromatic N) is 1. The predicted octanol–water partition coefficient (Wildman–Crippen LogP) is 1.78. The van der Waals surface area contributed by atoms with Crippen LogP contribution in [0.2, 0.25) is 0 Å². The Labute approximate surface area is 166 Å². The molecule has 2 heterocycles. The lowest BCUT2D eigenvalue weighted by Gasteiger charge is -2.25. The van der Waals surface area contributed by atoms with E-state index in [1.54, 1.807) is 36.3 Å². The Hall–Kier alpha value is -3.07. The second-order valence-electron chi connectivity index (χ2n) is 6.28. The van der Waals surface area contributed by atoms with Crippen LogP contribution in [0.3, 0.4) is 0 Å². The third kappa shape index (κ3) is 4.25. The number of hydrogen-bond acceptors (Lipinski definition) is 6. The van der Waals surface area contributed by atoms with Gasteiger partial charge in [-0.05, 0) is 24.1 Å². The number of carbonyl (C=O) groups excluding carboxylic acids is 3. The highest BCUT2D eigenvalue weighted by atomic mass is 32.1. The summed E-state index contributed by atoms with van der Waals surface area (Å²) in [6, 6.07) is 6.91. The van der Waals surface area contributed by atoms with E-state index in [-0.39, 0.29) is 12.5 Å². The molecule has 9 heteroatoms. The van der Waals surface area contributed by atoms with Gasteiger partial charge in [-0.15, -0.1) is 11.3 Å². The lowest BCUT2D eigenvalue weighted by Crippen LogP contribution is -2.34. The molecule has 0 aliphatic carbocycles. The topological polar surface area (TPSA) is 111 Å². The molecule has 0 bridgehead atoms. The molecule has 3 amide bonds. The van der Waals surface area contributed by atoms with Gasteiger partial charge < -0.3 is 25.4 Å². The number of amides is 3. The molecule has 1 aliphatic rings. The number of thiophene rings is 1. The van der Waals surface area contributed by atoms with Crippen LogP contribution in [-0.2, 0) is 22.6 Å². The van der Waals surface area contributed by atoms with Gasteiger partial charge in [0.15, 0.2) is 6.61 Å². The molecule has 1 aliphatic heterocycles. The van der Waals surface area contributed by atoms with Crippen LogP contribution in [0, 0.1) is 0 Å². The van der Waals surface area contributed by atoms with Gasteiger partial charge in [-0.2, -0.15) is 0 Å². The van der Waals surface area contributed by atoms with Crippen molar-refractivity contribution in [2.24, 2.45) is 5.73 Å². The highest BCUT2D eigenvalue weighted by Gasteiger charge is 2.28. The third-order valence-electron chi connectivity index (χ3n) is 4.41. The minimum atomic E-state index is -0.599. The van der Waals surface area contributed by atoms with Crippen LogP contribution in [0.1, 0.15) is 27.7 Å². The van der Waals surface area contributed by atoms with Crippen molar-refractivity contribution < 1.29 is 23.9 Å². The van der Waals surface area contributed by atoms with Gasteiger partial charge in [0.1, 0.15) is 16.5 Å². The Morgan fingerprint density at radius 3 is 2.71 bits per heavy atom. The number of ether oxygens (including phenoxy) is 2. The number of fused-ring (bicyclic) bond motifs is 1. The van der Waals surface area contributed by atoms with Crippen molar-refractivity contribution in [3.63, 3.8) is 0 Å². The lowest BCUT2D eigenvalue weighted by atomic mass is 10.0. The molecule has 0 fully saturated rings. The summed E-state index contributed by atoms with van der Waals surface area (Å²) in [5.41, 5.74) is 6.66. The summed E-state index contributed by atoms with van der Waals surface area (Å²) in [6.45, 7) is 2.21. The highest BCUT2D eigenvalue weighted by Crippen LogP contribution is 2.37. The number of nitrogens with two attached hydrogens (primary N) is 1. The van der Waals surface area contributed by atoms with E-state index in [4.69, 9.17) is 15.2 Å². The smallest absolute Gasteiger partial charge is 0.262 e. The molecule has 3 rings (SSSR count). The van der Waals surface area contributed by atoms with E-state index in [2.05, 4.69) is 5.32 Å². The van der Waals surface area contributed by atoms with E-state index in [9.17, 15) is 14.4 Å². The van der Waals surface area contributed by atoms with Gasteiger partial charge in [-0.1, -0.05) is 6.07 Å². The molecule has 0 saturated heterocycles. The normalized spacial score (nSPS) is 12.9. The molecule has 1 aromatic carbocycles. The van der Waals surface area contributed by atoms with Crippen LogP contribution in [0.5, 0.6) is 11.5 Å². The number of nitrogens with one attached hydrogen (secondary N) is 1. The van der Waals surface area contributed by atoms with Gasteiger partial charge in [-0.25, -0.2) is 0 Å². The Morgan fingerprint density at radius 1 is 1.29 bits per heavy atom. The fourth-order valence-electron chi connectivity index (χ4n) is 3.02. The monoisotopic (exact) mass is 403 g/mol. The maximum Gasteiger partial charge on any atom is 0.262 e. The summed E-state index contributed by atoms with van der Waals surface area (Å²) < 4.78 is 10.6. The zero-order chi connectivity index (χ0) is 20.3. The van der Waals surface area contributed by atoms with Crippen LogP contribution in [-0.4, -0.2) is 42.9 Å². The molecular formula is C19H21N3O5S. The number of benzene rings is 1. The van der Waals surface area contributed by atoms with Gasteiger partial charge >= 0.3 is 0 Å². The zero-order valence-electron chi connectivity index (χ0n) is 15.6. The van der Waals surface area contributed by atoms with E-state index >= 15 is 0 Å². The lowest BCUT2D eigenvalue weighted by molar-refractivity contribution is -0.129. The molecule has 2 aromatic rings. The largest absolute Gasteiger partial charge is 0.497 e. The molecule has 148 valence electrons. The van der Waals surface area contributed by atoms with Crippen LogP contribution in [0.4, 0.5) is 5.00 Å². The highest BCUT2D eigenvalue weighted by molar-refractivity contribution is 7.17. The first kappa shape index (κ1) is 19.7. The fourth-order valence-corrected chi connectivity index (χ4v) is 4.31. The van der Waals surface area contributed by atoms with E-state index in [1.165, 1.54) is 18.3 Å². The number of carbonyl (C=O) groups is 3. The number of anilines is 1. The third-order valence-corrected chi connectivity index (χ3v) is 5.54. The van der Waals surface area contributed by atoms with Crippen LogP contribution >= 0.6 is 11.3 Å². The molecule has 0 unspecified atom stereocenters. The molecule has 1 aromatic heterocycles. The van der Waals surface area contributed by atoms with Crippen molar-refractivity contribution in [1.82, 2.24) is 4.90 Å². The Balaban J connectivity index is 1.72. The molecule has 0 saturated carbocycles. The minimum absolute atomic E-state index is 0.0306. The second-order valence-corrected chi connectivity index (χ2v) is 7.38. The number of primary amides is 1. The summed E-state index contributed by atoms with van der Waals surface area (Å²) in [4.78, 5) is 38.5. The fraction of sp³-hybridized carbons (Fsp3) is 0.316. The van der Waals surface area contributed by atoms with Crippen molar-refractivity contribution in [2.45, 2.75) is 19.9 Å². The molecule has 0 atom stereocenters. The van der Waals surface area contributed by atoms with Gasteiger partial charge in [0.05, 0.1) is 19.2 Å². The standard InChI is InChI=1S/C19H21N3O5S/c1-11(23)22-7-6-14-15(9-22)28-19(17(14)18(20)25)21-16(24)10-27-13-5-3-4-12(8-13)26-2/h3-5,8H,6-7,9-10H2,1-2H3,(H2,20,25)(H,21,24). The summed E-state index contributed by atoms with van der Waals surface area (Å²) in [5, 5.41) is 3.10. The number of rotatable bonds is 6. The summed E-state index contributed by atoms with van der Waals surface area (Å²) in [6.07, 6.45) is 0.528. The van der Waals surface area contributed by atoms with Gasteiger partial charge in [0, 0.05) is 24.4 Å². The molecule has 0 spiro atoms. The van der Waals surface area contributed by atoms with E-state index in [0.29, 0.717) is 41.6 Å². The van der Waals surface area contributed by atoms with E-state index in [1.807, 2.05) is 0 Å². The minimum Gasteiger partial charge on any atom is -0.497 e. The maximum atomic E-state index is 12.3. The summed E-state index contributed by atoms with van der Waals surface area (Å²) in [5.74, 6) is 0.0733. The summed E-state index contributed by atoms with van der Waals surface area (Å²) >= 11 is 1.27. The molecule has 0 radical (unpaired) electrons. The van der Waals surface area contributed by atoms with Gasteiger partial charge in [-0.3, -0.25) is 14.4 Å². The first-order valence-corrected chi connectivity index (χ1v) is 9.47. The van der Waals surface area contributed by atoms with E-state index in [0.717, 1.165) is 10.4 Å². The van der Waals surface area contributed by atoms with E-state index < -0.39 is 11.8 Å². The number of hydrogen-bond donors (Lipinski definition) is 2. The van der Waals surface area contributed by atoms with Crippen LogP contribution < -0.4 is 20.5 Å². The Kier molecular flexibility index (Phi) is 5.84. The average Bonchev–Trinajstić information content (AvgIpc) is 3.03. The zero-order valence-corrected chi connectivity index (χ0v) is 16.4. The predicted molar refractivity (Wildman–Crippen MR) is 105 cm³/mol. The van der Waals surface area contributed by atoms with Crippen molar-refractivity contribution in [3.8, 4) is 11.5 Å². The summed E-state index contributed by atoms with van der Waals surface area (Å²) in [7, 11) is 1.54. The van der Waals surface area contributed by atoms with Crippen molar-refractivity contribution in [2.75, 3.05) is 25.6 Å². The number of methoxy groups -OCH3 is 1. The first-order valence-electron chi connectivity index (χ1n) is 8.65. The first-order chi connectivity index (χ1) is 13.4. The van der Waals surface area contributed by atoms with Crippen LogP contribution in [0.25, 0.3) is 0 Å². The SMILES string of the molecule is COc1cccc(OCC(=O)Nc2sc3c(c2C(N)=O)CCN(C(C)=O)C3)c1. The molecular weight excluding hydrogens is 382 g/mol. The quantitative estimate of drug-likeness (QED) is 0.764. The molecule has 28 heavy (non-hydrogen) atoms. The van der Waals surface area contributed by atoms with Gasteiger partial charge in [0.2, 0.25) is 5.91 Å². The Bertz CT molecular complexity index is 924. The second kappa shape index (κ2) is 8.30. The molecule has 8 nitrogen and oxygen atoms in total. The van der Waals surface area contributed by atoms with Crippen molar-refractivity contribution in [3.05, 3.63) is 40.3 Å². The maximum absolute atomic E-state index is 12.3. The Morgan fingerprint density at radius 2 is 2.04 bits per heavy atom. The average molecular weight is 403 g/mol. The van der Waals surface area contributed by atoms with Crippen LogP contribution in [0.15, 0.2) is 24.3 Å². The van der Waals surface area contributed by atoms with Crippen molar-refractivity contribution >= 4 is 34.1 Å². The van der Waals surface area contributed by atoms with Gasteiger partial charge in [0.25, 0.3) is 11.8 Å².